The van der Waals surface area contributed by atoms with Crippen LogP contribution in [0, 0.1) is 0 Å². The van der Waals surface area contributed by atoms with E-state index in [0.29, 0.717) is 25.7 Å². The molecule has 1 saturated heterocycles. The van der Waals surface area contributed by atoms with Crippen LogP contribution in [-0.2, 0) is 11.3 Å². The lowest BCUT2D eigenvalue weighted by Crippen LogP contribution is -2.37. The molecule has 0 unspecified atom stereocenters. The Kier molecular flexibility index (Phi) is 5.06. The first-order chi connectivity index (χ1) is 16.7. The Hall–Kier alpha value is -4.05. The molecule has 0 N–H and O–H groups in total. The van der Waals surface area contributed by atoms with Crippen molar-refractivity contribution in [3.63, 3.8) is 0 Å². The molecule has 10 heteroatoms. The summed E-state index contributed by atoms with van der Waals surface area (Å²) >= 11 is 0. The summed E-state index contributed by atoms with van der Waals surface area (Å²) in [6, 6.07) is 9.74. The first kappa shape index (κ1) is 20.5. The summed E-state index contributed by atoms with van der Waals surface area (Å²) < 4.78 is 14.8. The Morgan fingerprint density at radius 3 is 2.62 bits per heavy atom. The number of ether oxygens (including phenoxy) is 2. The zero-order valence-corrected chi connectivity index (χ0v) is 19.0. The zero-order chi connectivity index (χ0) is 23.1. The number of hydrogen-bond donors (Lipinski definition) is 0. The molecule has 0 aliphatic carbocycles. The molecule has 1 aromatic carbocycles. The van der Waals surface area contributed by atoms with E-state index in [2.05, 4.69) is 21.4 Å². The van der Waals surface area contributed by atoms with Crippen LogP contribution in [0.1, 0.15) is 6.92 Å². The number of aromatic nitrogens is 7. The summed E-state index contributed by atoms with van der Waals surface area (Å²) in [5, 5.41) is 5.72. The third kappa shape index (κ3) is 3.43. The summed E-state index contributed by atoms with van der Waals surface area (Å²) in [5.74, 6) is 2.90. The Morgan fingerprint density at radius 2 is 1.85 bits per heavy atom. The molecule has 34 heavy (non-hydrogen) atoms. The van der Waals surface area contributed by atoms with Crippen molar-refractivity contribution in [3.05, 3.63) is 48.9 Å². The Balaban J connectivity index is 1.58. The predicted octanol–water partition coefficient (Wildman–Crippen LogP) is 3.09. The maximum absolute atomic E-state index is 5.58. The highest BCUT2D eigenvalue weighted by molar-refractivity contribution is 5.88. The first-order valence-electron chi connectivity index (χ1n) is 11.3. The molecule has 5 aromatic rings. The lowest BCUT2D eigenvalue weighted by molar-refractivity contribution is 0.122. The van der Waals surface area contributed by atoms with Gasteiger partial charge in [0.25, 0.3) is 5.95 Å². The number of imidazole rings is 1. The maximum Gasteiger partial charge on any atom is 0.254 e. The maximum atomic E-state index is 5.58. The summed E-state index contributed by atoms with van der Waals surface area (Å²) in [6.07, 6.45) is 5.49. The van der Waals surface area contributed by atoms with Crippen molar-refractivity contribution in [2.24, 2.45) is 0 Å². The molecule has 0 spiro atoms. The number of anilines is 1. The summed E-state index contributed by atoms with van der Waals surface area (Å²) in [4.78, 5) is 21.3. The van der Waals surface area contributed by atoms with Crippen molar-refractivity contribution in [2.45, 2.75) is 13.5 Å². The van der Waals surface area contributed by atoms with Gasteiger partial charge in [0.05, 0.1) is 25.8 Å². The Morgan fingerprint density at radius 1 is 1.03 bits per heavy atom. The predicted molar refractivity (Wildman–Crippen MR) is 128 cm³/mol. The molecule has 4 aromatic heterocycles. The van der Waals surface area contributed by atoms with Gasteiger partial charge in [0.1, 0.15) is 11.6 Å². The fourth-order valence-corrected chi connectivity index (χ4v) is 4.32. The third-order valence-corrected chi connectivity index (χ3v) is 6.05. The van der Waals surface area contributed by atoms with E-state index in [-0.39, 0.29) is 0 Å². The van der Waals surface area contributed by atoms with Gasteiger partial charge in [-0.2, -0.15) is 15.1 Å². The van der Waals surface area contributed by atoms with Crippen LogP contribution in [-0.4, -0.2) is 67.7 Å². The smallest absolute Gasteiger partial charge is 0.254 e. The lowest BCUT2D eigenvalue weighted by Gasteiger charge is -2.28. The second-order valence-corrected chi connectivity index (χ2v) is 8.03. The molecule has 0 radical (unpaired) electrons. The fourth-order valence-electron chi connectivity index (χ4n) is 4.32. The number of nitrogens with zero attached hydrogens (tertiary/aromatic N) is 8. The minimum absolute atomic E-state index is 0.500. The molecule has 1 fully saturated rings. The minimum Gasteiger partial charge on any atom is -0.497 e. The van der Waals surface area contributed by atoms with Gasteiger partial charge < -0.3 is 18.9 Å². The quantitative estimate of drug-likeness (QED) is 0.398. The normalized spacial score (nSPS) is 14.2. The number of rotatable bonds is 5. The SMILES string of the molecule is CCn1c(-c2ccncc2)nc2c(N3CCOCC3)nc(-n3cc4ccc(OC)cc4n3)nc21. The van der Waals surface area contributed by atoms with E-state index in [0.717, 1.165) is 58.1 Å². The molecule has 0 atom stereocenters. The van der Waals surface area contributed by atoms with E-state index >= 15 is 0 Å². The van der Waals surface area contributed by atoms with Crippen molar-refractivity contribution in [1.29, 1.82) is 0 Å². The average Bonchev–Trinajstić information content (AvgIpc) is 3.50. The Bertz CT molecular complexity index is 1470. The lowest BCUT2D eigenvalue weighted by atomic mass is 10.2. The van der Waals surface area contributed by atoms with Crippen LogP contribution in [0.3, 0.4) is 0 Å². The molecule has 5 heterocycles. The van der Waals surface area contributed by atoms with E-state index in [1.54, 1.807) is 24.2 Å². The topological polar surface area (TPSA) is 96.0 Å². The Labute approximate surface area is 195 Å². The van der Waals surface area contributed by atoms with E-state index < -0.39 is 0 Å². The number of methoxy groups -OCH3 is 1. The number of fused-ring (bicyclic) bond motifs is 2. The van der Waals surface area contributed by atoms with Crippen LogP contribution >= 0.6 is 0 Å². The van der Waals surface area contributed by atoms with E-state index in [1.807, 2.05) is 36.5 Å². The number of morpholine rings is 1. The molecule has 1 aliphatic rings. The van der Waals surface area contributed by atoms with E-state index in [4.69, 9.17) is 29.5 Å². The molecular formula is C24H24N8O2. The third-order valence-electron chi connectivity index (χ3n) is 6.05. The van der Waals surface area contributed by atoms with Gasteiger partial charge in [0, 0.05) is 55.2 Å². The van der Waals surface area contributed by atoms with Gasteiger partial charge in [-0.1, -0.05) is 0 Å². The highest BCUT2D eigenvalue weighted by atomic mass is 16.5. The van der Waals surface area contributed by atoms with Crippen molar-refractivity contribution < 1.29 is 9.47 Å². The summed E-state index contributed by atoms with van der Waals surface area (Å²) in [7, 11) is 1.65. The van der Waals surface area contributed by atoms with Gasteiger partial charge in [0.15, 0.2) is 17.0 Å². The van der Waals surface area contributed by atoms with Crippen molar-refractivity contribution in [1.82, 2.24) is 34.3 Å². The van der Waals surface area contributed by atoms with Crippen LogP contribution < -0.4 is 9.64 Å². The van der Waals surface area contributed by atoms with Gasteiger partial charge in [-0.05, 0) is 31.2 Å². The largest absolute Gasteiger partial charge is 0.497 e. The van der Waals surface area contributed by atoms with Gasteiger partial charge >= 0.3 is 0 Å². The highest BCUT2D eigenvalue weighted by Crippen LogP contribution is 2.30. The molecule has 172 valence electrons. The number of hydrogen-bond acceptors (Lipinski definition) is 8. The number of pyridine rings is 1. The number of benzene rings is 1. The second-order valence-electron chi connectivity index (χ2n) is 8.03. The van der Waals surface area contributed by atoms with Crippen molar-refractivity contribution >= 4 is 27.9 Å². The monoisotopic (exact) mass is 456 g/mol. The molecule has 10 nitrogen and oxygen atoms in total. The summed E-state index contributed by atoms with van der Waals surface area (Å²) in [6.45, 7) is 5.60. The van der Waals surface area contributed by atoms with Crippen LogP contribution in [0.15, 0.2) is 48.9 Å². The molecule has 0 amide bonds. The van der Waals surface area contributed by atoms with E-state index in [1.165, 1.54) is 0 Å². The van der Waals surface area contributed by atoms with Gasteiger partial charge in [0.2, 0.25) is 0 Å². The zero-order valence-electron chi connectivity index (χ0n) is 19.0. The van der Waals surface area contributed by atoms with Gasteiger partial charge in [-0.25, -0.2) is 9.67 Å². The molecule has 1 aliphatic heterocycles. The van der Waals surface area contributed by atoms with Gasteiger partial charge in [-0.3, -0.25) is 4.98 Å². The van der Waals surface area contributed by atoms with Crippen LogP contribution in [0.4, 0.5) is 5.82 Å². The van der Waals surface area contributed by atoms with Crippen molar-refractivity contribution in [2.75, 3.05) is 38.3 Å². The minimum atomic E-state index is 0.500. The molecule has 6 rings (SSSR count). The highest BCUT2D eigenvalue weighted by Gasteiger charge is 2.24. The van der Waals surface area contributed by atoms with Crippen molar-refractivity contribution in [3.8, 4) is 23.1 Å². The van der Waals surface area contributed by atoms with Crippen LogP contribution in [0.25, 0.3) is 39.4 Å². The van der Waals surface area contributed by atoms with Crippen LogP contribution in [0.2, 0.25) is 0 Å². The fraction of sp³-hybridized carbons (Fsp3) is 0.292. The molecule has 0 bridgehead atoms. The number of aryl methyl sites for hydroxylation is 1. The van der Waals surface area contributed by atoms with E-state index in [9.17, 15) is 0 Å². The van der Waals surface area contributed by atoms with Gasteiger partial charge in [-0.15, -0.1) is 0 Å². The molecule has 0 saturated carbocycles. The van der Waals surface area contributed by atoms with Crippen LogP contribution in [0.5, 0.6) is 5.75 Å². The summed E-state index contributed by atoms with van der Waals surface area (Å²) in [5.41, 5.74) is 3.36. The second kappa shape index (κ2) is 8.38. The standard InChI is InChI=1S/C24H24N8O2/c1-3-31-21(16-6-8-25-9-7-16)26-20-22(30-10-12-34-13-11-30)27-24(28-23(20)31)32-15-17-4-5-18(33-2)14-19(17)29-32/h4-9,14-15H,3,10-13H2,1-2H3. The first-order valence-corrected chi connectivity index (χ1v) is 11.3. The molecular weight excluding hydrogens is 432 g/mol. The average molecular weight is 457 g/mol.